The molecule has 0 radical (unpaired) electrons. The molecule has 1 saturated carbocycles. The van der Waals surface area contributed by atoms with Crippen LogP contribution >= 0.6 is 15.9 Å². The van der Waals surface area contributed by atoms with E-state index in [1.54, 1.807) is 12.1 Å². The molecule has 0 amide bonds. The summed E-state index contributed by atoms with van der Waals surface area (Å²) in [6.07, 6.45) is 5.65. The van der Waals surface area contributed by atoms with Crippen LogP contribution in [0.15, 0.2) is 40.9 Å². The summed E-state index contributed by atoms with van der Waals surface area (Å²) in [5, 5.41) is 1.00. The molecule has 25 heavy (non-hydrogen) atoms. The Bertz CT molecular complexity index is 935. The highest BCUT2D eigenvalue weighted by atomic mass is 79.9. The maximum atomic E-state index is 13.9. The Kier molecular flexibility index (Phi) is 4.55. The van der Waals surface area contributed by atoms with Crippen molar-refractivity contribution in [3.8, 4) is 11.3 Å². The molecule has 1 aliphatic rings. The number of unbranched alkanes of at least 4 members (excludes halogenated alkanes) is 1. The molecule has 0 saturated heterocycles. The Hall–Kier alpha value is -1.81. The Morgan fingerprint density at radius 2 is 1.96 bits per heavy atom. The first kappa shape index (κ1) is 16.6. The monoisotopic (exact) mass is 398 g/mol. The first-order valence-corrected chi connectivity index (χ1v) is 9.71. The number of fused-ring (bicyclic) bond motifs is 1. The Morgan fingerprint density at radius 3 is 2.72 bits per heavy atom. The second-order valence-electron chi connectivity index (χ2n) is 6.78. The van der Waals surface area contributed by atoms with E-state index in [1.807, 2.05) is 0 Å². The van der Waals surface area contributed by atoms with Crippen LogP contribution in [0.25, 0.3) is 22.2 Å². The molecule has 1 aromatic heterocycles. The van der Waals surface area contributed by atoms with Crippen molar-refractivity contribution in [1.29, 1.82) is 0 Å². The molecule has 0 unspecified atom stereocenters. The van der Waals surface area contributed by atoms with Crippen LogP contribution in [0.4, 0.5) is 4.39 Å². The summed E-state index contributed by atoms with van der Waals surface area (Å²) >= 11 is 3.56. The van der Waals surface area contributed by atoms with Crippen LogP contribution in [0.1, 0.15) is 49.9 Å². The van der Waals surface area contributed by atoms with Gasteiger partial charge in [0.1, 0.15) is 11.6 Å². The molecule has 0 bridgehead atoms. The molecular formula is C21H20BrFN2. The van der Waals surface area contributed by atoms with Crippen molar-refractivity contribution in [3.05, 3.63) is 58.1 Å². The van der Waals surface area contributed by atoms with E-state index in [0.717, 1.165) is 64.6 Å². The third-order valence-corrected chi connectivity index (χ3v) is 5.41. The molecule has 4 rings (SSSR count). The number of rotatable bonds is 5. The molecule has 1 aliphatic carbocycles. The van der Waals surface area contributed by atoms with Crippen molar-refractivity contribution in [2.45, 2.75) is 44.9 Å². The van der Waals surface area contributed by atoms with Crippen molar-refractivity contribution in [2.75, 3.05) is 0 Å². The van der Waals surface area contributed by atoms with Crippen LogP contribution in [-0.4, -0.2) is 9.97 Å². The minimum atomic E-state index is -0.250. The van der Waals surface area contributed by atoms with Crippen LogP contribution in [-0.2, 0) is 6.42 Å². The van der Waals surface area contributed by atoms with Gasteiger partial charge in [-0.1, -0.05) is 35.3 Å². The fourth-order valence-corrected chi connectivity index (χ4v) is 3.57. The summed E-state index contributed by atoms with van der Waals surface area (Å²) < 4.78 is 14.7. The normalized spacial score (nSPS) is 14.2. The summed E-state index contributed by atoms with van der Waals surface area (Å²) in [5.41, 5.74) is 3.85. The van der Waals surface area contributed by atoms with Crippen molar-refractivity contribution in [2.24, 2.45) is 0 Å². The number of nitrogens with zero attached hydrogens (tertiary/aromatic N) is 2. The van der Waals surface area contributed by atoms with E-state index in [0.29, 0.717) is 5.92 Å². The van der Waals surface area contributed by atoms with E-state index in [4.69, 9.17) is 9.97 Å². The molecule has 1 heterocycles. The Balaban J connectivity index is 1.93. The second-order valence-corrected chi connectivity index (χ2v) is 7.64. The van der Waals surface area contributed by atoms with Crippen LogP contribution in [0, 0.1) is 5.82 Å². The standard InChI is InChI=1S/C21H20BrFN2/c1-2-3-4-13-5-10-19-17(11-13)20(25-21(24-19)14-6-7-14)16-12-15(23)8-9-18(16)22/h5,8-12,14H,2-4,6-7H2,1H3. The molecule has 1 fully saturated rings. The second kappa shape index (κ2) is 6.83. The average molecular weight is 399 g/mol. The van der Waals surface area contributed by atoms with Crippen molar-refractivity contribution >= 4 is 26.8 Å². The van der Waals surface area contributed by atoms with E-state index < -0.39 is 0 Å². The fraction of sp³-hybridized carbons (Fsp3) is 0.333. The summed E-state index contributed by atoms with van der Waals surface area (Å²) in [6.45, 7) is 2.20. The first-order chi connectivity index (χ1) is 12.2. The predicted octanol–water partition coefficient (Wildman–Crippen LogP) is 6.42. The van der Waals surface area contributed by atoms with Crippen LogP contribution < -0.4 is 0 Å². The zero-order valence-corrected chi connectivity index (χ0v) is 15.8. The molecule has 128 valence electrons. The molecule has 0 aliphatic heterocycles. The summed E-state index contributed by atoms with van der Waals surface area (Å²) in [5.74, 6) is 1.09. The third kappa shape index (κ3) is 3.45. The van der Waals surface area contributed by atoms with E-state index in [1.165, 1.54) is 11.6 Å². The van der Waals surface area contributed by atoms with E-state index in [2.05, 4.69) is 41.1 Å². The zero-order chi connectivity index (χ0) is 17.4. The molecule has 0 N–H and O–H groups in total. The highest BCUT2D eigenvalue weighted by Crippen LogP contribution is 2.41. The van der Waals surface area contributed by atoms with Gasteiger partial charge in [-0.2, -0.15) is 0 Å². The van der Waals surface area contributed by atoms with E-state index in [9.17, 15) is 4.39 Å². The lowest BCUT2D eigenvalue weighted by molar-refractivity contribution is 0.628. The molecule has 0 atom stereocenters. The van der Waals surface area contributed by atoms with Gasteiger partial charge in [0.2, 0.25) is 0 Å². The van der Waals surface area contributed by atoms with Crippen molar-refractivity contribution in [3.63, 3.8) is 0 Å². The van der Waals surface area contributed by atoms with Gasteiger partial charge in [0, 0.05) is 21.3 Å². The minimum absolute atomic E-state index is 0.250. The number of hydrogen-bond donors (Lipinski definition) is 0. The predicted molar refractivity (Wildman–Crippen MR) is 103 cm³/mol. The molecule has 4 heteroatoms. The minimum Gasteiger partial charge on any atom is -0.233 e. The quantitative estimate of drug-likeness (QED) is 0.495. The number of aryl methyl sites for hydroxylation is 1. The highest BCUT2D eigenvalue weighted by molar-refractivity contribution is 9.10. The largest absolute Gasteiger partial charge is 0.233 e. The van der Waals surface area contributed by atoms with Gasteiger partial charge in [-0.05, 0) is 61.6 Å². The maximum Gasteiger partial charge on any atom is 0.132 e. The zero-order valence-electron chi connectivity index (χ0n) is 14.2. The van der Waals surface area contributed by atoms with Gasteiger partial charge in [0.15, 0.2) is 0 Å². The number of benzene rings is 2. The van der Waals surface area contributed by atoms with Gasteiger partial charge in [-0.25, -0.2) is 14.4 Å². The Morgan fingerprint density at radius 1 is 1.12 bits per heavy atom. The molecule has 2 nitrogen and oxygen atoms in total. The lowest BCUT2D eigenvalue weighted by atomic mass is 10.0. The van der Waals surface area contributed by atoms with Crippen molar-refractivity contribution in [1.82, 2.24) is 9.97 Å². The topological polar surface area (TPSA) is 25.8 Å². The van der Waals surface area contributed by atoms with Gasteiger partial charge in [-0.15, -0.1) is 0 Å². The highest BCUT2D eigenvalue weighted by Gasteiger charge is 2.28. The van der Waals surface area contributed by atoms with Gasteiger partial charge in [0.05, 0.1) is 11.2 Å². The lowest BCUT2D eigenvalue weighted by Crippen LogP contribution is -1.99. The van der Waals surface area contributed by atoms with Crippen LogP contribution in [0.3, 0.4) is 0 Å². The molecule has 2 aromatic carbocycles. The summed E-state index contributed by atoms with van der Waals surface area (Å²) in [4.78, 5) is 9.63. The SMILES string of the molecule is CCCCc1ccc2nc(C3CC3)nc(-c3cc(F)ccc3Br)c2c1. The van der Waals surface area contributed by atoms with Crippen LogP contribution in [0.5, 0.6) is 0 Å². The molecule has 3 aromatic rings. The Labute approximate surface area is 155 Å². The number of hydrogen-bond acceptors (Lipinski definition) is 2. The smallest absolute Gasteiger partial charge is 0.132 e. The van der Waals surface area contributed by atoms with Crippen LogP contribution in [0.2, 0.25) is 0 Å². The number of halogens is 2. The van der Waals surface area contributed by atoms with Gasteiger partial charge < -0.3 is 0 Å². The molecule has 0 spiro atoms. The van der Waals surface area contributed by atoms with Gasteiger partial charge in [-0.3, -0.25) is 0 Å². The molecular weight excluding hydrogens is 379 g/mol. The fourth-order valence-electron chi connectivity index (χ4n) is 3.14. The van der Waals surface area contributed by atoms with E-state index >= 15 is 0 Å². The third-order valence-electron chi connectivity index (χ3n) is 4.72. The summed E-state index contributed by atoms with van der Waals surface area (Å²) in [6, 6.07) is 11.2. The summed E-state index contributed by atoms with van der Waals surface area (Å²) in [7, 11) is 0. The maximum absolute atomic E-state index is 13.9. The van der Waals surface area contributed by atoms with Gasteiger partial charge >= 0.3 is 0 Å². The lowest BCUT2D eigenvalue weighted by Gasteiger charge is -2.12. The average Bonchev–Trinajstić information content (AvgIpc) is 3.46. The van der Waals surface area contributed by atoms with E-state index in [-0.39, 0.29) is 5.82 Å². The first-order valence-electron chi connectivity index (χ1n) is 8.91. The van der Waals surface area contributed by atoms with Gasteiger partial charge in [0.25, 0.3) is 0 Å². The number of aromatic nitrogens is 2. The van der Waals surface area contributed by atoms with Crippen molar-refractivity contribution < 1.29 is 4.39 Å².